The SMILES string of the molecule is C[C@H]1C(=O)Nc2ccc(S(=O)(=O)N(C)Cc3ccc(Cl)cc3)cc21. The summed E-state index contributed by atoms with van der Waals surface area (Å²) in [7, 11) is -2.12. The number of nitrogens with zero attached hydrogens (tertiary/aromatic N) is 1. The highest BCUT2D eigenvalue weighted by Gasteiger charge is 2.29. The van der Waals surface area contributed by atoms with Crippen molar-refractivity contribution in [3.63, 3.8) is 0 Å². The zero-order chi connectivity index (χ0) is 17.5. The largest absolute Gasteiger partial charge is 0.325 e. The molecule has 1 amide bonds. The van der Waals surface area contributed by atoms with Gasteiger partial charge in [0, 0.05) is 24.3 Å². The van der Waals surface area contributed by atoms with Gasteiger partial charge < -0.3 is 5.32 Å². The summed E-state index contributed by atoms with van der Waals surface area (Å²) in [5.74, 6) is -0.467. The lowest BCUT2D eigenvalue weighted by molar-refractivity contribution is -0.116. The Labute approximate surface area is 146 Å². The van der Waals surface area contributed by atoms with E-state index in [0.717, 1.165) is 5.56 Å². The molecule has 3 rings (SSSR count). The van der Waals surface area contributed by atoms with Crippen LogP contribution in [-0.4, -0.2) is 25.7 Å². The summed E-state index contributed by atoms with van der Waals surface area (Å²) in [6, 6.07) is 11.8. The standard InChI is InChI=1S/C17H17ClN2O3S/c1-11-15-9-14(7-8-16(15)19-17(11)21)24(22,23)20(2)10-12-3-5-13(18)6-4-12/h3-9,11H,10H2,1-2H3,(H,19,21)/t11-/m1/s1. The highest BCUT2D eigenvalue weighted by molar-refractivity contribution is 7.89. The van der Waals surface area contributed by atoms with Crippen LogP contribution in [0.2, 0.25) is 5.02 Å². The highest BCUT2D eigenvalue weighted by atomic mass is 35.5. The van der Waals surface area contributed by atoms with Crippen molar-refractivity contribution in [3.05, 3.63) is 58.6 Å². The van der Waals surface area contributed by atoms with Crippen molar-refractivity contribution in [1.29, 1.82) is 0 Å². The summed E-state index contributed by atoms with van der Waals surface area (Å²) < 4.78 is 26.9. The minimum Gasteiger partial charge on any atom is -0.325 e. The average Bonchev–Trinajstić information content (AvgIpc) is 2.84. The summed E-state index contributed by atoms with van der Waals surface area (Å²) in [5, 5.41) is 3.35. The number of nitrogens with one attached hydrogen (secondary N) is 1. The summed E-state index contributed by atoms with van der Waals surface area (Å²) in [5.41, 5.74) is 2.23. The number of amides is 1. The third-order valence-electron chi connectivity index (χ3n) is 4.17. The topological polar surface area (TPSA) is 66.5 Å². The minimum absolute atomic E-state index is 0.117. The first kappa shape index (κ1) is 17.0. The van der Waals surface area contributed by atoms with Gasteiger partial charge in [-0.1, -0.05) is 23.7 Å². The number of carbonyl (C=O) groups is 1. The van der Waals surface area contributed by atoms with Gasteiger partial charge in [-0.2, -0.15) is 4.31 Å². The van der Waals surface area contributed by atoms with Crippen molar-refractivity contribution in [3.8, 4) is 0 Å². The van der Waals surface area contributed by atoms with E-state index in [9.17, 15) is 13.2 Å². The van der Waals surface area contributed by atoms with Crippen LogP contribution in [0.5, 0.6) is 0 Å². The molecule has 7 heteroatoms. The third kappa shape index (κ3) is 3.05. The summed E-state index contributed by atoms with van der Waals surface area (Å²) >= 11 is 5.85. The number of benzene rings is 2. The van der Waals surface area contributed by atoms with Gasteiger partial charge in [-0.05, 0) is 48.4 Å². The molecule has 1 heterocycles. The molecule has 1 aliphatic heterocycles. The van der Waals surface area contributed by atoms with E-state index in [2.05, 4.69) is 5.32 Å². The van der Waals surface area contributed by atoms with Gasteiger partial charge in [-0.3, -0.25) is 4.79 Å². The molecule has 1 N–H and O–H groups in total. The van der Waals surface area contributed by atoms with E-state index in [4.69, 9.17) is 11.6 Å². The molecule has 1 atom stereocenters. The van der Waals surface area contributed by atoms with E-state index in [0.29, 0.717) is 16.3 Å². The number of fused-ring (bicyclic) bond motifs is 1. The zero-order valence-electron chi connectivity index (χ0n) is 13.3. The van der Waals surface area contributed by atoms with E-state index in [1.807, 2.05) is 0 Å². The number of hydrogen-bond acceptors (Lipinski definition) is 3. The van der Waals surface area contributed by atoms with Crippen molar-refractivity contribution in [1.82, 2.24) is 4.31 Å². The number of rotatable bonds is 4. The average molecular weight is 365 g/mol. The van der Waals surface area contributed by atoms with Gasteiger partial charge in [0.05, 0.1) is 10.8 Å². The van der Waals surface area contributed by atoms with Gasteiger partial charge in [0.2, 0.25) is 15.9 Å². The number of halogens is 1. The Hall–Kier alpha value is -1.89. The predicted molar refractivity (Wildman–Crippen MR) is 93.6 cm³/mol. The summed E-state index contributed by atoms with van der Waals surface area (Å²) in [6.07, 6.45) is 0. The first-order valence-electron chi connectivity index (χ1n) is 7.44. The maximum atomic E-state index is 12.8. The Kier molecular flexibility index (Phi) is 4.38. The molecular formula is C17H17ClN2O3S. The second-order valence-corrected chi connectivity index (χ2v) is 8.33. The zero-order valence-corrected chi connectivity index (χ0v) is 14.9. The van der Waals surface area contributed by atoms with Crippen molar-refractivity contribution < 1.29 is 13.2 Å². The van der Waals surface area contributed by atoms with Crippen LogP contribution in [0.1, 0.15) is 24.0 Å². The smallest absolute Gasteiger partial charge is 0.243 e. The first-order chi connectivity index (χ1) is 11.3. The molecule has 5 nitrogen and oxygen atoms in total. The lowest BCUT2D eigenvalue weighted by Gasteiger charge is -2.18. The molecule has 0 unspecified atom stereocenters. The van der Waals surface area contributed by atoms with E-state index in [-0.39, 0.29) is 23.3 Å². The molecule has 0 spiro atoms. The van der Waals surface area contributed by atoms with Crippen LogP contribution in [0.3, 0.4) is 0 Å². The fraction of sp³-hybridized carbons (Fsp3) is 0.235. The monoisotopic (exact) mass is 364 g/mol. The fourth-order valence-corrected chi connectivity index (χ4v) is 3.99. The molecular weight excluding hydrogens is 348 g/mol. The Bertz CT molecular complexity index is 895. The normalized spacial score (nSPS) is 17.0. The van der Waals surface area contributed by atoms with Crippen LogP contribution in [0.4, 0.5) is 5.69 Å². The van der Waals surface area contributed by atoms with Gasteiger partial charge in [-0.25, -0.2) is 8.42 Å². The molecule has 0 aliphatic carbocycles. The third-order valence-corrected chi connectivity index (χ3v) is 6.22. The Morgan fingerprint density at radius 3 is 2.50 bits per heavy atom. The van der Waals surface area contributed by atoms with Crippen LogP contribution in [-0.2, 0) is 21.4 Å². The van der Waals surface area contributed by atoms with Gasteiger partial charge >= 0.3 is 0 Å². The van der Waals surface area contributed by atoms with Gasteiger partial charge in [0.1, 0.15) is 0 Å². The summed E-state index contributed by atoms with van der Waals surface area (Å²) in [6.45, 7) is 2.00. The Morgan fingerprint density at radius 1 is 1.17 bits per heavy atom. The van der Waals surface area contributed by atoms with Crippen LogP contribution in [0, 0.1) is 0 Å². The highest BCUT2D eigenvalue weighted by Crippen LogP contribution is 2.34. The molecule has 2 aromatic rings. The quantitative estimate of drug-likeness (QED) is 0.905. The van der Waals surface area contributed by atoms with Crippen LogP contribution in [0.15, 0.2) is 47.4 Å². The van der Waals surface area contributed by atoms with Gasteiger partial charge in [0.25, 0.3) is 0 Å². The molecule has 24 heavy (non-hydrogen) atoms. The van der Waals surface area contributed by atoms with Crippen molar-refractivity contribution in [2.45, 2.75) is 24.3 Å². The van der Waals surface area contributed by atoms with Crippen molar-refractivity contribution in [2.24, 2.45) is 0 Å². The molecule has 2 aromatic carbocycles. The van der Waals surface area contributed by atoms with E-state index in [1.165, 1.54) is 17.4 Å². The lowest BCUT2D eigenvalue weighted by Crippen LogP contribution is -2.26. The predicted octanol–water partition coefficient (Wildman–Crippen LogP) is 3.22. The first-order valence-corrected chi connectivity index (χ1v) is 9.26. The van der Waals surface area contributed by atoms with Crippen LogP contribution in [0.25, 0.3) is 0 Å². The molecule has 0 saturated carbocycles. The molecule has 0 bridgehead atoms. The molecule has 1 aliphatic rings. The number of anilines is 1. The second-order valence-electron chi connectivity index (χ2n) is 5.85. The van der Waals surface area contributed by atoms with Crippen LogP contribution < -0.4 is 5.32 Å². The van der Waals surface area contributed by atoms with Gasteiger partial charge in [-0.15, -0.1) is 0 Å². The van der Waals surface area contributed by atoms with Crippen LogP contribution >= 0.6 is 11.6 Å². The van der Waals surface area contributed by atoms with Crippen molar-refractivity contribution >= 4 is 33.2 Å². The van der Waals surface area contributed by atoms with E-state index < -0.39 is 10.0 Å². The summed E-state index contributed by atoms with van der Waals surface area (Å²) in [4.78, 5) is 11.9. The maximum Gasteiger partial charge on any atom is 0.243 e. The maximum absolute atomic E-state index is 12.8. The van der Waals surface area contributed by atoms with E-state index in [1.54, 1.807) is 43.3 Å². The number of sulfonamides is 1. The molecule has 0 fully saturated rings. The lowest BCUT2D eigenvalue weighted by atomic mass is 10.0. The van der Waals surface area contributed by atoms with Gasteiger partial charge in [0.15, 0.2) is 0 Å². The molecule has 126 valence electrons. The molecule has 0 aromatic heterocycles. The van der Waals surface area contributed by atoms with E-state index >= 15 is 0 Å². The molecule has 0 saturated heterocycles. The fourth-order valence-electron chi connectivity index (χ4n) is 2.67. The number of carbonyl (C=O) groups excluding carboxylic acids is 1. The second kappa shape index (κ2) is 6.20. The minimum atomic E-state index is -3.65. The molecule has 0 radical (unpaired) electrons. The number of hydrogen-bond donors (Lipinski definition) is 1. The van der Waals surface area contributed by atoms with Crippen molar-refractivity contribution in [2.75, 3.05) is 12.4 Å². The Balaban J connectivity index is 1.88. The Morgan fingerprint density at radius 2 is 1.83 bits per heavy atom.